The predicted molar refractivity (Wildman–Crippen MR) is 58.0 cm³/mol. The fraction of sp³-hybridized carbons (Fsp3) is 0.417. The van der Waals surface area contributed by atoms with Gasteiger partial charge in [-0.3, -0.25) is 0 Å². The van der Waals surface area contributed by atoms with Gasteiger partial charge in [0.05, 0.1) is 12.6 Å². The first-order chi connectivity index (χ1) is 6.88. The average Bonchev–Trinajstić information content (AvgIpc) is 2.26. The van der Waals surface area contributed by atoms with Crippen molar-refractivity contribution in [3.63, 3.8) is 0 Å². The molecule has 0 aromatic heterocycles. The van der Waals surface area contributed by atoms with Crippen molar-refractivity contribution in [2.24, 2.45) is 0 Å². The van der Waals surface area contributed by atoms with Crippen LogP contribution < -0.4 is 5.32 Å². The summed E-state index contributed by atoms with van der Waals surface area (Å²) < 4.78 is 0. The summed E-state index contributed by atoms with van der Waals surface area (Å²) in [5.41, 5.74) is 1.35. The second-order valence-corrected chi connectivity index (χ2v) is 3.30. The average molecular weight is 188 g/mol. The van der Waals surface area contributed by atoms with Crippen LogP contribution in [-0.2, 0) is 0 Å². The monoisotopic (exact) mass is 188 g/mol. The first-order valence-electron chi connectivity index (χ1n) is 5.01. The second kappa shape index (κ2) is 6.17. The van der Waals surface area contributed by atoms with Gasteiger partial charge in [-0.15, -0.1) is 0 Å². The van der Waals surface area contributed by atoms with Gasteiger partial charge in [0.2, 0.25) is 0 Å². The van der Waals surface area contributed by atoms with Crippen LogP contribution in [0, 0.1) is 11.3 Å². The van der Waals surface area contributed by atoms with E-state index in [1.54, 1.807) is 0 Å². The molecular formula is C12H16N2. The van der Waals surface area contributed by atoms with Gasteiger partial charge >= 0.3 is 0 Å². The van der Waals surface area contributed by atoms with Crippen LogP contribution in [0.25, 0.3) is 0 Å². The van der Waals surface area contributed by atoms with Crippen LogP contribution in [0.3, 0.4) is 0 Å². The lowest BCUT2D eigenvalue weighted by Gasteiger charge is -2.14. The van der Waals surface area contributed by atoms with Crippen molar-refractivity contribution < 1.29 is 0 Å². The number of hydrogen-bond donors (Lipinski definition) is 1. The molecule has 0 amide bonds. The molecule has 0 fully saturated rings. The van der Waals surface area contributed by atoms with E-state index in [1.807, 2.05) is 6.07 Å². The first-order valence-corrected chi connectivity index (χ1v) is 5.01. The van der Waals surface area contributed by atoms with Crippen molar-refractivity contribution in [2.75, 3.05) is 13.1 Å². The molecule has 74 valence electrons. The summed E-state index contributed by atoms with van der Waals surface area (Å²) in [5.74, 6) is 0.518. The number of nitrogens with one attached hydrogen (secondary N) is 1. The Bertz CT molecular complexity index is 287. The smallest absolute Gasteiger partial charge is 0.0841 e. The van der Waals surface area contributed by atoms with Gasteiger partial charge in [-0.25, -0.2) is 0 Å². The molecule has 0 saturated carbocycles. The molecule has 2 nitrogen and oxygen atoms in total. The van der Waals surface area contributed by atoms with E-state index >= 15 is 0 Å². The second-order valence-electron chi connectivity index (χ2n) is 3.30. The van der Waals surface area contributed by atoms with Crippen molar-refractivity contribution in [1.29, 1.82) is 5.26 Å². The van der Waals surface area contributed by atoms with Crippen molar-refractivity contribution in [2.45, 2.75) is 19.3 Å². The molecule has 0 aliphatic heterocycles. The zero-order valence-corrected chi connectivity index (χ0v) is 8.53. The van der Waals surface area contributed by atoms with E-state index in [0.717, 1.165) is 13.0 Å². The molecule has 2 heteroatoms. The van der Waals surface area contributed by atoms with Crippen LogP contribution >= 0.6 is 0 Å². The highest BCUT2D eigenvalue weighted by molar-refractivity contribution is 5.19. The Kier molecular flexibility index (Phi) is 4.74. The molecule has 0 aliphatic rings. The SMILES string of the molecule is CCC(CNCC#N)c1ccccc1. The maximum absolute atomic E-state index is 8.41. The Morgan fingerprint density at radius 3 is 2.64 bits per heavy atom. The summed E-state index contributed by atoms with van der Waals surface area (Å²) in [6.07, 6.45) is 1.10. The summed E-state index contributed by atoms with van der Waals surface area (Å²) in [4.78, 5) is 0. The van der Waals surface area contributed by atoms with Gasteiger partial charge in [0.15, 0.2) is 0 Å². The Balaban J connectivity index is 2.51. The number of rotatable bonds is 5. The molecule has 0 aliphatic carbocycles. The molecule has 0 radical (unpaired) electrons. The largest absolute Gasteiger partial charge is 0.304 e. The number of nitriles is 1. The summed E-state index contributed by atoms with van der Waals surface area (Å²) in [7, 11) is 0. The minimum absolute atomic E-state index is 0.434. The fourth-order valence-corrected chi connectivity index (χ4v) is 1.53. The molecule has 1 atom stereocenters. The zero-order valence-electron chi connectivity index (χ0n) is 8.53. The number of hydrogen-bond acceptors (Lipinski definition) is 2. The highest BCUT2D eigenvalue weighted by Crippen LogP contribution is 2.17. The standard InChI is InChI=1S/C12H16N2/c1-2-11(10-14-9-8-13)12-6-4-3-5-7-12/h3-7,11,14H,2,9-10H2,1H3. The van der Waals surface area contributed by atoms with Crippen LogP contribution in [0.2, 0.25) is 0 Å². The zero-order chi connectivity index (χ0) is 10.2. The van der Waals surface area contributed by atoms with Crippen LogP contribution in [0.1, 0.15) is 24.8 Å². The summed E-state index contributed by atoms with van der Waals surface area (Å²) in [5, 5.41) is 11.5. The Morgan fingerprint density at radius 1 is 1.36 bits per heavy atom. The maximum atomic E-state index is 8.41. The van der Waals surface area contributed by atoms with E-state index in [2.05, 4.69) is 42.6 Å². The molecule has 1 unspecified atom stereocenters. The third-order valence-corrected chi connectivity index (χ3v) is 2.36. The van der Waals surface area contributed by atoms with E-state index in [-0.39, 0.29) is 0 Å². The van der Waals surface area contributed by atoms with Gasteiger partial charge in [-0.05, 0) is 17.9 Å². The van der Waals surface area contributed by atoms with E-state index in [1.165, 1.54) is 5.56 Å². The lowest BCUT2D eigenvalue weighted by molar-refractivity contribution is 0.596. The molecule has 1 aromatic rings. The van der Waals surface area contributed by atoms with Gasteiger partial charge in [-0.2, -0.15) is 5.26 Å². The van der Waals surface area contributed by atoms with Crippen LogP contribution in [0.15, 0.2) is 30.3 Å². The molecule has 1 N–H and O–H groups in total. The van der Waals surface area contributed by atoms with E-state index in [0.29, 0.717) is 12.5 Å². The maximum Gasteiger partial charge on any atom is 0.0841 e. The van der Waals surface area contributed by atoms with E-state index < -0.39 is 0 Å². The molecule has 0 heterocycles. The Morgan fingerprint density at radius 2 is 2.07 bits per heavy atom. The number of benzene rings is 1. The van der Waals surface area contributed by atoms with Gasteiger partial charge in [0.25, 0.3) is 0 Å². The van der Waals surface area contributed by atoms with Crippen molar-refractivity contribution in [3.05, 3.63) is 35.9 Å². The van der Waals surface area contributed by atoms with Gasteiger partial charge in [0.1, 0.15) is 0 Å². The topological polar surface area (TPSA) is 35.8 Å². The lowest BCUT2D eigenvalue weighted by atomic mass is 9.97. The lowest BCUT2D eigenvalue weighted by Crippen LogP contribution is -2.21. The third kappa shape index (κ3) is 3.20. The third-order valence-electron chi connectivity index (χ3n) is 2.36. The summed E-state index contributed by atoms with van der Waals surface area (Å²) in [6, 6.07) is 12.5. The first kappa shape index (κ1) is 10.7. The molecule has 1 aromatic carbocycles. The van der Waals surface area contributed by atoms with Crippen molar-refractivity contribution in [1.82, 2.24) is 5.32 Å². The summed E-state index contributed by atoms with van der Waals surface area (Å²) >= 11 is 0. The molecule has 1 rings (SSSR count). The highest BCUT2D eigenvalue weighted by atomic mass is 14.8. The molecule has 0 saturated heterocycles. The van der Waals surface area contributed by atoms with Gasteiger partial charge < -0.3 is 5.32 Å². The van der Waals surface area contributed by atoms with Crippen LogP contribution in [0.4, 0.5) is 0 Å². The van der Waals surface area contributed by atoms with Crippen LogP contribution in [0.5, 0.6) is 0 Å². The van der Waals surface area contributed by atoms with E-state index in [4.69, 9.17) is 5.26 Å². The number of nitrogens with zero attached hydrogens (tertiary/aromatic N) is 1. The van der Waals surface area contributed by atoms with Crippen molar-refractivity contribution in [3.8, 4) is 6.07 Å². The Labute approximate surface area is 85.6 Å². The normalized spacial score (nSPS) is 12.0. The van der Waals surface area contributed by atoms with E-state index in [9.17, 15) is 0 Å². The minimum Gasteiger partial charge on any atom is -0.304 e. The molecule has 0 bridgehead atoms. The predicted octanol–water partition coefficient (Wildman–Crippen LogP) is 2.29. The molecular weight excluding hydrogens is 172 g/mol. The van der Waals surface area contributed by atoms with Gasteiger partial charge in [-0.1, -0.05) is 37.3 Å². The quantitative estimate of drug-likeness (QED) is 0.568. The summed E-state index contributed by atoms with van der Waals surface area (Å²) in [6.45, 7) is 3.49. The molecule has 0 spiro atoms. The minimum atomic E-state index is 0.434. The highest BCUT2D eigenvalue weighted by Gasteiger charge is 2.07. The molecule has 14 heavy (non-hydrogen) atoms. The van der Waals surface area contributed by atoms with Gasteiger partial charge in [0, 0.05) is 6.54 Å². The Hall–Kier alpha value is -1.33. The fourth-order valence-electron chi connectivity index (χ4n) is 1.53. The van der Waals surface area contributed by atoms with Crippen LogP contribution in [-0.4, -0.2) is 13.1 Å². The van der Waals surface area contributed by atoms with Crippen molar-refractivity contribution >= 4 is 0 Å².